The van der Waals surface area contributed by atoms with Gasteiger partial charge >= 0.3 is 0 Å². The molecule has 5 heteroatoms. The summed E-state index contributed by atoms with van der Waals surface area (Å²) in [5.41, 5.74) is 0.164. The molecule has 0 saturated carbocycles. The predicted molar refractivity (Wildman–Crippen MR) is 82.7 cm³/mol. The van der Waals surface area contributed by atoms with Crippen LogP contribution in [0.4, 0.5) is 0 Å². The Balaban J connectivity index is 1.98. The lowest BCUT2D eigenvalue weighted by atomic mass is 9.73. The summed E-state index contributed by atoms with van der Waals surface area (Å²) in [6, 6.07) is 0. The number of carbonyl (C=O) groups is 2. The van der Waals surface area contributed by atoms with Gasteiger partial charge in [-0.05, 0) is 32.4 Å². The van der Waals surface area contributed by atoms with Crippen LogP contribution in [-0.2, 0) is 9.59 Å². The predicted octanol–water partition coefficient (Wildman–Crippen LogP) is 1.99. The number of hydrogen-bond acceptors (Lipinski definition) is 3. The van der Waals surface area contributed by atoms with Crippen molar-refractivity contribution in [3.05, 3.63) is 0 Å². The molecule has 1 atom stereocenters. The van der Waals surface area contributed by atoms with E-state index in [1.807, 2.05) is 23.0 Å². The van der Waals surface area contributed by atoms with Crippen molar-refractivity contribution >= 4 is 23.6 Å². The molecule has 0 radical (unpaired) electrons. The highest BCUT2D eigenvalue weighted by molar-refractivity contribution is 7.98. The molecule has 2 saturated heterocycles. The van der Waals surface area contributed by atoms with Gasteiger partial charge in [-0.2, -0.15) is 11.8 Å². The van der Waals surface area contributed by atoms with Crippen LogP contribution in [0, 0.1) is 5.41 Å². The first-order valence-electron chi connectivity index (χ1n) is 7.65. The Morgan fingerprint density at radius 3 is 2.85 bits per heavy atom. The normalized spacial score (nSPS) is 27.2. The van der Waals surface area contributed by atoms with Crippen molar-refractivity contribution in [3.63, 3.8) is 0 Å². The number of rotatable bonds is 4. The first kappa shape index (κ1) is 15.7. The van der Waals surface area contributed by atoms with Crippen LogP contribution in [0.3, 0.4) is 0 Å². The van der Waals surface area contributed by atoms with Crippen molar-refractivity contribution in [3.8, 4) is 0 Å². The zero-order valence-corrected chi connectivity index (χ0v) is 13.5. The molecule has 0 unspecified atom stereocenters. The number of nitrogens with zero attached hydrogens (tertiary/aromatic N) is 2. The molecule has 2 heterocycles. The van der Waals surface area contributed by atoms with E-state index in [9.17, 15) is 9.59 Å². The van der Waals surface area contributed by atoms with E-state index in [0.717, 1.165) is 51.2 Å². The highest BCUT2D eigenvalue weighted by Crippen LogP contribution is 2.38. The van der Waals surface area contributed by atoms with Crippen molar-refractivity contribution in [1.29, 1.82) is 0 Å². The molecule has 2 aliphatic rings. The van der Waals surface area contributed by atoms with Gasteiger partial charge in [0.15, 0.2) is 0 Å². The van der Waals surface area contributed by atoms with Gasteiger partial charge in [-0.25, -0.2) is 0 Å². The zero-order valence-electron chi connectivity index (χ0n) is 12.7. The number of hydrogen-bond donors (Lipinski definition) is 0. The molecule has 2 fully saturated rings. The van der Waals surface area contributed by atoms with Gasteiger partial charge in [0.05, 0.1) is 0 Å². The Kier molecular flexibility index (Phi) is 5.35. The quantitative estimate of drug-likeness (QED) is 0.797. The van der Waals surface area contributed by atoms with Gasteiger partial charge in [0, 0.05) is 50.2 Å². The molecule has 2 amide bonds. The van der Waals surface area contributed by atoms with Gasteiger partial charge in [-0.15, -0.1) is 0 Å². The summed E-state index contributed by atoms with van der Waals surface area (Å²) in [5.74, 6) is 1.48. The van der Waals surface area contributed by atoms with E-state index in [4.69, 9.17) is 0 Å². The van der Waals surface area contributed by atoms with E-state index in [0.29, 0.717) is 18.7 Å². The van der Waals surface area contributed by atoms with E-state index >= 15 is 0 Å². The average Bonchev–Trinajstić information content (AvgIpc) is 2.47. The smallest absolute Gasteiger partial charge is 0.223 e. The maximum atomic E-state index is 12.2. The standard InChI is InChI=1S/C15H26N2O2S/c1-3-16-11-15(8-5-13(16)18)7-4-9-17(12-15)14(19)6-10-20-2/h3-12H2,1-2H3/t15-/m0/s1. The molecule has 2 aliphatic heterocycles. The lowest BCUT2D eigenvalue weighted by Crippen LogP contribution is -2.55. The van der Waals surface area contributed by atoms with E-state index in [-0.39, 0.29) is 11.3 Å². The number of thioether (sulfide) groups is 1. The van der Waals surface area contributed by atoms with Gasteiger partial charge in [-0.1, -0.05) is 0 Å². The molecule has 0 aliphatic carbocycles. The summed E-state index contributed by atoms with van der Waals surface area (Å²) in [4.78, 5) is 28.1. The lowest BCUT2D eigenvalue weighted by Gasteiger charge is -2.48. The summed E-state index contributed by atoms with van der Waals surface area (Å²) in [5, 5.41) is 0. The minimum absolute atomic E-state index is 0.164. The summed E-state index contributed by atoms with van der Waals surface area (Å²) in [7, 11) is 0. The fourth-order valence-electron chi connectivity index (χ4n) is 3.49. The maximum Gasteiger partial charge on any atom is 0.223 e. The third kappa shape index (κ3) is 3.48. The molecule has 2 rings (SSSR count). The third-order valence-electron chi connectivity index (χ3n) is 4.66. The van der Waals surface area contributed by atoms with Crippen LogP contribution in [0.15, 0.2) is 0 Å². The number of likely N-dealkylation sites (tertiary alicyclic amines) is 2. The molecule has 114 valence electrons. The Hall–Kier alpha value is -0.710. The summed E-state index contributed by atoms with van der Waals surface area (Å²) >= 11 is 1.72. The zero-order chi connectivity index (χ0) is 14.6. The number of amides is 2. The van der Waals surface area contributed by atoms with Crippen LogP contribution in [0.1, 0.15) is 39.0 Å². The summed E-state index contributed by atoms with van der Waals surface area (Å²) < 4.78 is 0. The molecule has 20 heavy (non-hydrogen) atoms. The molecule has 0 aromatic rings. The molecular formula is C15H26N2O2S. The van der Waals surface area contributed by atoms with Crippen molar-refractivity contribution < 1.29 is 9.59 Å². The Bertz CT molecular complexity index is 375. The van der Waals surface area contributed by atoms with Crippen molar-refractivity contribution in [2.24, 2.45) is 5.41 Å². The molecule has 1 spiro atoms. The largest absolute Gasteiger partial charge is 0.342 e. The molecule has 0 aromatic heterocycles. The molecule has 0 aromatic carbocycles. The van der Waals surface area contributed by atoms with Gasteiger partial charge in [0.25, 0.3) is 0 Å². The minimum atomic E-state index is 0.164. The van der Waals surface area contributed by atoms with E-state index in [2.05, 4.69) is 0 Å². The SMILES string of the molecule is CCN1C[C@]2(CCCN(C(=O)CCSC)C2)CCC1=O. The molecular weight excluding hydrogens is 272 g/mol. The van der Waals surface area contributed by atoms with Crippen LogP contribution in [0.5, 0.6) is 0 Å². The van der Waals surface area contributed by atoms with E-state index in [1.165, 1.54) is 0 Å². The van der Waals surface area contributed by atoms with Gasteiger partial charge < -0.3 is 9.80 Å². The first-order chi connectivity index (χ1) is 9.60. The Labute approximate surface area is 126 Å². The van der Waals surface area contributed by atoms with Crippen LogP contribution < -0.4 is 0 Å². The van der Waals surface area contributed by atoms with Gasteiger partial charge in [0.1, 0.15) is 0 Å². The molecule has 4 nitrogen and oxygen atoms in total. The van der Waals surface area contributed by atoms with E-state index < -0.39 is 0 Å². The summed E-state index contributed by atoms with van der Waals surface area (Å²) in [6.07, 6.45) is 6.53. The van der Waals surface area contributed by atoms with Crippen LogP contribution in [0.25, 0.3) is 0 Å². The maximum absolute atomic E-state index is 12.2. The molecule has 0 N–H and O–H groups in total. The first-order valence-corrected chi connectivity index (χ1v) is 9.04. The highest BCUT2D eigenvalue weighted by atomic mass is 32.2. The summed E-state index contributed by atoms with van der Waals surface area (Å²) in [6.45, 7) is 5.43. The lowest BCUT2D eigenvalue weighted by molar-refractivity contribution is -0.142. The van der Waals surface area contributed by atoms with Crippen LogP contribution in [0.2, 0.25) is 0 Å². The monoisotopic (exact) mass is 298 g/mol. The van der Waals surface area contributed by atoms with Crippen molar-refractivity contribution in [1.82, 2.24) is 9.80 Å². The van der Waals surface area contributed by atoms with Crippen molar-refractivity contribution in [2.45, 2.75) is 39.0 Å². The van der Waals surface area contributed by atoms with Gasteiger partial charge in [-0.3, -0.25) is 9.59 Å². The second-order valence-corrected chi connectivity index (χ2v) is 7.06. The second-order valence-electron chi connectivity index (χ2n) is 6.07. The van der Waals surface area contributed by atoms with E-state index in [1.54, 1.807) is 11.8 Å². The van der Waals surface area contributed by atoms with Crippen LogP contribution in [-0.4, -0.2) is 59.8 Å². The second kappa shape index (κ2) is 6.83. The van der Waals surface area contributed by atoms with Crippen molar-refractivity contribution in [2.75, 3.05) is 38.2 Å². The molecule has 0 bridgehead atoms. The number of carbonyl (C=O) groups excluding carboxylic acids is 2. The fraction of sp³-hybridized carbons (Fsp3) is 0.867. The van der Waals surface area contributed by atoms with Gasteiger partial charge in [0.2, 0.25) is 11.8 Å². The third-order valence-corrected chi connectivity index (χ3v) is 5.28. The minimum Gasteiger partial charge on any atom is -0.342 e. The Morgan fingerprint density at radius 1 is 1.35 bits per heavy atom. The fourth-order valence-corrected chi connectivity index (χ4v) is 3.87. The number of piperidine rings is 2. The highest BCUT2D eigenvalue weighted by Gasteiger charge is 2.42. The topological polar surface area (TPSA) is 40.6 Å². The Morgan fingerprint density at radius 2 is 2.15 bits per heavy atom. The van der Waals surface area contributed by atoms with Crippen LogP contribution >= 0.6 is 11.8 Å². The average molecular weight is 298 g/mol.